The molecule has 1 aliphatic carbocycles. The third-order valence-electron chi connectivity index (χ3n) is 4.46. The SMILES string of the molecule is CC1(CC(=O)N2CCC(O)CC2)CCCCC1. The van der Waals surface area contributed by atoms with Crippen molar-refractivity contribution < 1.29 is 9.90 Å². The highest BCUT2D eigenvalue weighted by molar-refractivity contribution is 5.77. The molecule has 2 rings (SSSR count). The molecule has 1 aliphatic heterocycles. The van der Waals surface area contributed by atoms with E-state index in [0.29, 0.717) is 12.3 Å². The fourth-order valence-corrected chi connectivity index (χ4v) is 3.17. The smallest absolute Gasteiger partial charge is 0.223 e. The minimum Gasteiger partial charge on any atom is -0.393 e. The van der Waals surface area contributed by atoms with Crippen molar-refractivity contribution in [3.05, 3.63) is 0 Å². The van der Waals surface area contributed by atoms with Crippen LogP contribution in [0.4, 0.5) is 0 Å². The van der Waals surface area contributed by atoms with E-state index in [-0.39, 0.29) is 11.5 Å². The van der Waals surface area contributed by atoms with Gasteiger partial charge in [0.1, 0.15) is 0 Å². The molecule has 1 amide bonds. The fourth-order valence-electron chi connectivity index (χ4n) is 3.17. The molecule has 1 N–H and O–H groups in total. The third-order valence-corrected chi connectivity index (χ3v) is 4.46. The van der Waals surface area contributed by atoms with Gasteiger partial charge in [-0.15, -0.1) is 0 Å². The van der Waals surface area contributed by atoms with E-state index >= 15 is 0 Å². The van der Waals surface area contributed by atoms with Gasteiger partial charge in [-0.2, -0.15) is 0 Å². The Labute approximate surface area is 104 Å². The van der Waals surface area contributed by atoms with Gasteiger partial charge in [-0.1, -0.05) is 26.2 Å². The lowest BCUT2D eigenvalue weighted by Crippen LogP contribution is -2.42. The van der Waals surface area contributed by atoms with Crippen LogP contribution in [-0.4, -0.2) is 35.1 Å². The topological polar surface area (TPSA) is 40.5 Å². The first kappa shape index (κ1) is 12.9. The molecule has 0 aromatic carbocycles. The van der Waals surface area contributed by atoms with E-state index < -0.39 is 0 Å². The highest BCUT2D eigenvalue weighted by Gasteiger charge is 2.32. The largest absolute Gasteiger partial charge is 0.393 e. The number of carbonyl (C=O) groups is 1. The van der Waals surface area contributed by atoms with Crippen molar-refractivity contribution in [3.8, 4) is 0 Å². The molecule has 0 aromatic rings. The van der Waals surface area contributed by atoms with E-state index in [4.69, 9.17) is 0 Å². The molecule has 0 bridgehead atoms. The second kappa shape index (κ2) is 5.38. The maximum atomic E-state index is 12.2. The van der Waals surface area contributed by atoms with Crippen LogP contribution in [0.3, 0.4) is 0 Å². The van der Waals surface area contributed by atoms with Gasteiger partial charge >= 0.3 is 0 Å². The van der Waals surface area contributed by atoms with Gasteiger partial charge in [-0.25, -0.2) is 0 Å². The van der Waals surface area contributed by atoms with E-state index in [1.807, 2.05) is 4.90 Å². The van der Waals surface area contributed by atoms with Crippen LogP contribution in [-0.2, 0) is 4.79 Å². The fraction of sp³-hybridized carbons (Fsp3) is 0.929. The van der Waals surface area contributed by atoms with E-state index in [0.717, 1.165) is 25.9 Å². The molecular formula is C14H25NO2. The van der Waals surface area contributed by atoms with Crippen molar-refractivity contribution in [3.63, 3.8) is 0 Å². The lowest BCUT2D eigenvalue weighted by Gasteiger charge is -2.36. The molecule has 0 atom stereocenters. The Kier molecular flexibility index (Phi) is 4.08. The number of aliphatic hydroxyl groups excluding tert-OH is 1. The summed E-state index contributed by atoms with van der Waals surface area (Å²) in [6.45, 7) is 3.76. The molecule has 2 aliphatic rings. The van der Waals surface area contributed by atoms with Crippen LogP contribution < -0.4 is 0 Å². The highest BCUT2D eigenvalue weighted by atomic mass is 16.3. The van der Waals surface area contributed by atoms with Gasteiger partial charge < -0.3 is 10.0 Å². The number of nitrogens with zero attached hydrogens (tertiary/aromatic N) is 1. The average Bonchev–Trinajstić information content (AvgIpc) is 2.30. The van der Waals surface area contributed by atoms with Gasteiger partial charge in [-0.05, 0) is 31.1 Å². The summed E-state index contributed by atoms with van der Waals surface area (Å²) in [5, 5.41) is 9.44. The zero-order valence-electron chi connectivity index (χ0n) is 11.0. The summed E-state index contributed by atoms with van der Waals surface area (Å²) in [6.07, 6.45) is 8.33. The maximum Gasteiger partial charge on any atom is 0.223 e. The predicted molar refractivity (Wildman–Crippen MR) is 67.6 cm³/mol. The number of likely N-dealkylation sites (tertiary alicyclic amines) is 1. The normalized spacial score (nSPS) is 25.9. The molecule has 17 heavy (non-hydrogen) atoms. The second-order valence-electron chi connectivity index (χ2n) is 6.16. The van der Waals surface area contributed by atoms with Crippen LogP contribution in [0, 0.1) is 5.41 Å². The summed E-state index contributed by atoms with van der Waals surface area (Å²) < 4.78 is 0. The summed E-state index contributed by atoms with van der Waals surface area (Å²) in [5.41, 5.74) is 0.241. The second-order valence-corrected chi connectivity index (χ2v) is 6.16. The molecule has 1 heterocycles. The van der Waals surface area contributed by atoms with Crippen LogP contribution in [0.15, 0.2) is 0 Å². The van der Waals surface area contributed by atoms with E-state index in [2.05, 4.69) is 6.92 Å². The van der Waals surface area contributed by atoms with Crippen LogP contribution in [0.2, 0.25) is 0 Å². The molecule has 1 saturated carbocycles. The van der Waals surface area contributed by atoms with Gasteiger partial charge in [0.15, 0.2) is 0 Å². The molecule has 0 radical (unpaired) electrons. The van der Waals surface area contributed by atoms with Gasteiger partial charge in [0.05, 0.1) is 6.10 Å². The molecule has 3 heteroatoms. The zero-order valence-corrected chi connectivity index (χ0v) is 11.0. The van der Waals surface area contributed by atoms with Crippen LogP contribution in [0.1, 0.15) is 58.3 Å². The van der Waals surface area contributed by atoms with Crippen molar-refractivity contribution in [2.24, 2.45) is 5.41 Å². The number of carbonyl (C=O) groups excluding carboxylic acids is 1. The Morgan fingerprint density at radius 2 is 1.82 bits per heavy atom. The summed E-state index contributed by atoms with van der Waals surface area (Å²) in [5.74, 6) is 0.307. The van der Waals surface area contributed by atoms with E-state index in [9.17, 15) is 9.90 Å². The van der Waals surface area contributed by atoms with Crippen LogP contribution in [0.5, 0.6) is 0 Å². The minimum atomic E-state index is -0.190. The molecule has 98 valence electrons. The number of aliphatic hydroxyl groups is 1. The van der Waals surface area contributed by atoms with Crippen molar-refractivity contribution in [2.45, 2.75) is 64.4 Å². The molecule has 0 spiro atoms. The van der Waals surface area contributed by atoms with E-state index in [1.54, 1.807) is 0 Å². The van der Waals surface area contributed by atoms with Gasteiger partial charge in [0.25, 0.3) is 0 Å². The first-order valence-corrected chi connectivity index (χ1v) is 7.05. The molecule has 0 unspecified atom stereocenters. The number of piperidine rings is 1. The van der Waals surface area contributed by atoms with Gasteiger partial charge in [0.2, 0.25) is 5.91 Å². The van der Waals surface area contributed by atoms with Gasteiger partial charge in [-0.3, -0.25) is 4.79 Å². The van der Waals surface area contributed by atoms with Crippen molar-refractivity contribution >= 4 is 5.91 Å². The first-order chi connectivity index (χ1) is 8.09. The Hall–Kier alpha value is -0.570. The lowest BCUT2D eigenvalue weighted by molar-refractivity contribution is -0.136. The number of rotatable bonds is 2. The molecule has 2 fully saturated rings. The maximum absolute atomic E-state index is 12.2. The van der Waals surface area contributed by atoms with E-state index in [1.165, 1.54) is 32.1 Å². The summed E-state index contributed by atoms with van der Waals surface area (Å²) in [7, 11) is 0. The van der Waals surface area contributed by atoms with Crippen molar-refractivity contribution in [2.75, 3.05) is 13.1 Å². The number of amides is 1. The van der Waals surface area contributed by atoms with Crippen LogP contribution in [0.25, 0.3) is 0 Å². The Balaban J connectivity index is 1.83. The Morgan fingerprint density at radius 3 is 2.41 bits per heavy atom. The first-order valence-electron chi connectivity index (χ1n) is 7.05. The quantitative estimate of drug-likeness (QED) is 0.803. The summed E-state index contributed by atoms with van der Waals surface area (Å²) >= 11 is 0. The van der Waals surface area contributed by atoms with Gasteiger partial charge in [0, 0.05) is 19.5 Å². The highest BCUT2D eigenvalue weighted by Crippen LogP contribution is 2.39. The number of hydrogen-bond acceptors (Lipinski definition) is 2. The predicted octanol–water partition coefficient (Wildman–Crippen LogP) is 2.33. The zero-order chi connectivity index (χ0) is 12.3. The monoisotopic (exact) mass is 239 g/mol. The standard InChI is InChI=1S/C14H25NO2/c1-14(7-3-2-4-8-14)11-13(17)15-9-5-12(16)6-10-15/h12,16H,2-11H2,1H3. The van der Waals surface area contributed by atoms with Crippen molar-refractivity contribution in [1.29, 1.82) is 0 Å². The molecular weight excluding hydrogens is 214 g/mol. The van der Waals surface area contributed by atoms with Crippen LogP contribution >= 0.6 is 0 Å². The third kappa shape index (κ3) is 3.44. The molecule has 0 aromatic heterocycles. The Bertz CT molecular complexity index is 263. The average molecular weight is 239 g/mol. The molecule has 1 saturated heterocycles. The van der Waals surface area contributed by atoms with Crippen molar-refractivity contribution in [1.82, 2.24) is 4.90 Å². The lowest BCUT2D eigenvalue weighted by atomic mass is 9.73. The summed E-state index contributed by atoms with van der Waals surface area (Å²) in [4.78, 5) is 14.2. The summed E-state index contributed by atoms with van der Waals surface area (Å²) in [6, 6.07) is 0. The minimum absolute atomic E-state index is 0.190. The molecule has 3 nitrogen and oxygen atoms in total. The Morgan fingerprint density at radius 1 is 1.24 bits per heavy atom. The number of hydrogen-bond donors (Lipinski definition) is 1.